The van der Waals surface area contributed by atoms with Gasteiger partial charge in [0, 0.05) is 22.5 Å². The maximum Gasteiger partial charge on any atom is 0.340 e. The van der Waals surface area contributed by atoms with Crippen LogP contribution in [0.15, 0.2) is 50.4 Å². The summed E-state index contributed by atoms with van der Waals surface area (Å²) in [6.07, 6.45) is 3.41. The van der Waals surface area contributed by atoms with Crippen molar-refractivity contribution in [2.75, 3.05) is 5.32 Å². The number of carbonyl (C=O) groups is 3. The van der Waals surface area contributed by atoms with E-state index in [1.165, 1.54) is 16.0 Å². The standard InChI is InChI=1S/C30H35N5O6S/c1-6-7-8-23(35-15-25(33-34-35)30(5,17(2)3)32-27(38)19-11-12-42-16-19)28(39)31-20-9-10-21-18(4)22(14-26(36)37)29(40)41-24(21)13-20/h9-13,15-17,23H,6-8,14H2,1-5H3,(H,31,39)(H,32,38)(H,36,37)/t23-,30-/m0/s1. The van der Waals surface area contributed by atoms with Gasteiger partial charge < -0.3 is 20.2 Å². The second-order valence-corrected chi connectivity index (χ2v) is 11.6. The van der Waals surface area contributed by atoms with E-state index in [4.69, 9.17) is 9.52 Å². The van der Waals surface area contributed by atoms with E-state index in [9.17, 15) is 19.2 Å². The third-order valence-corrected chi connectivity index (χ3v) is 8.37. The lowest BCUT2D eigenvalue weighted by atomic mass is 9.85. The number of unbranched alkanes of at least 4 members (excludes halogenated alkanes) is 1. The zero-order valence-electron chi connectivity index (χ0n) is 24.3. The third-order valence-electron chi connectivity index (χ3n) is 7.69. The second kappa shape index (κ2) is 12.7. The monoisotopic (exact) mass is 593 g/mol. The molecule has 12 heteroatoms. The summed E-state index contributed by atoms with van der Waals surface area (Å²) in [5.74, 6) is -1.69. The molecule has 222 valence electrons. The topological polar surface area (TPSA) is 156 Å². The highest BCUT2D eigenvalue weighted by Gasteiger charge is 2.36. The van der Waals surface area contributed by atoms with Crippen molar-refractivity contribution in [2.24, 2.45) is 5.92 Å². The summed E-state index contributed by atoms with van der Waals surface area (Å²) < 4.78 is 6.93. The molecule has 0 fully saturated rings. The van der Waals surface area contributed by atoms with Gasteiger partial charge in [0.25, 0.3) is 5.91 Å². The number of thiophene rings is 1. The Labute approximate surface area is 246 Å². The molecular formula is C30H35N5O6S. The summed E-state index contributed by atoms with van der Waals surface area (Å²) in [6, 6.07) is 5.99. The number of nitrogens with one attached hydrogen (secondary N) is 2. The van der Waals surface area contributed by atoms with Crippen LogP contribution in [0.5, 0.6) is 0 Å². The highest BCUT2D eigenvalue weighted by Crippen LogP contribution is 2.30. The number of hydrogen-bond donors (Lipinski definition) is 3. The lowest BCUT2D eigenvalue weighted by Gasteiger charge is -2.32. The Morgan fingerprint density at radius 3 is 2.62 bits per heavy atom. The number of hydrogen-bond acceptors (Lipinski definition) is 8. The fourth-order valence-electron chi connectivity index (χ4n) is 4.71. The lowest BCUT2D eigenvalue weighted by molar-refractivity contribution is -0.136. The third kappa shape index (κ3) is 6.43. The van der Waals surface area contributed by atoms with Gasteiger partial charge in [0.2, 0.25) is 5.91 Å². The molecular weight excluding hydrogens is 558 g/mol. The molecule has 2 amide bonds. The molecule has 0 spiro atoms. The Bertz CT molecular complexity index is 1660. The second-order valence-electron chi connectivity index (χ2n) is 10.8. The molecule has 3 aromatic heterocycles. The van der Waals surface area contributed by atoms with Crippen LogP contribution in [0.25, 0.3) is 11.0 Å². The number of amides is 2. The van der Waals surface area contributed by atoms with Crippen molar-refractivity contribution in [2.45, 2.75) is 71.9 Å². The molecule has 4 aromatic rings. The molecule has 1 aromatic carbocycles. The average Bonchev–Trinajstić information content (AvgIpc) is 3.64. The zero-order valence-corrected chi connectivity index (χ0v) is 25.1. The Morgan fingerprint density at radius 1 is 1.21 bits per heavy atom. The van der Waals surface area contributed by atoms with E-state index in [1.54, 1.807) is 42.8 Å². The molecule has 0 saturated heterocycles. The van der Waals surface area contributed by atoms with E-state index in [1.807, 2.05) is 33.1 Å². The highest BCUT2D eigenvalue weighted by molar-refractivity contribution is 7.08. The largest absolute Gasteiger partial charge is 0.481 e. The van der Waals surface area contributed by atoms with Crippen LogP contribution in [0.1, 0.15) is 80.2 Å². The first kappa shape index (κ1) is 30.6. The van der Waals surface area contributed by atoms with Crippen molar-refractivity contribution in [1.82, 2.24) is 20.3 Å². The first-order chi connectivity index (χ1) is 19.9. The predicted octanol–water partition coefficient (Wildman–Crippen LogP) is 5.05. The van der Waals surface area contributed by atoms with E-state index in [-0.39, 0.29) is 28.9 Å². The first-order valence-corrected chi connectivity index (χ1v) is 14.7. The van der Waals surface area contributed by atoms with Crippen LogP contribution in [-0.4, -0.2) is 37.9 Å². The maximum atomic E-state index is 13.6. The molecule has 4 rings (SSSR count). The number of carbonyl (C=O) groups excluding carboxylic acids is 2. The molecule has 11 nitrogen and oxygen atoms in total. The fraction of sp³-hybridized carbons (Fsp3) is 0.400. The van der Waals surface area contributed by atoms with Crippen LogP contribution in [0.3, 0.4) is 0 Å². The number of anilines is 1. The highest BCUT2D eigenvalue weighted by atomic mass is 32.1. The fourth-order valence-corrected chi connectivity index (χ4v) is 5.34. The number of aliphatic carboxylic acids is 1. The van der Waals surface area contributed by atoms with Gasteiger partial charge >= 0.3 is 11.6 Å². The molecule has 0 saturated carbocycles. The molecule has 0 radical (unpaired) electrons. The van der Waals surface area contributed by atoms with Crippen molar-refractivity contribution >= 4 is 45.8 Å². The van der Waals surface area contributed by atoms with E-state index >= 15 is 0 Å². The molecule has 0 aliphatic heterocycles. The minimum absolute atomic E-state index is 0.0279. The zero-order chi connectivity index (χ0) is 30.6. The Morgan fingerprint density at radius 2 is 1.98 bits per heavy atom. The van der Waals surface area contributed by atoms with Crippen molar-refractivity contribution < 1.29 is 23.9 Å². The minimum Gasteiger partial charge on any atom is -0.481 e. The number of aromatic nitrogens is 3. The number of benzene rings is 1. The van der Waals surface area contributed by atoms with Gasteiger partial charge in [-0.1, -0.05) is 38.8 Å². The van der Waals surface area contributed by atoms with Gasteiger partial charge in [-0.05, 0) is 55.3 Å². The molecule has 3 N–H and O–H groups in total. The smallest absolute Gasteiger partial charge is 0.340 e. The van der Waals surface area contributed by atoms with Gasteiger partial charge in [0.05, 0.1) is 29.3 Å². The molecule has 0 unspecified atom stereocenters. The summed E-state index contributed by atoms with van der Waals surface area (Å²) >= 11 is 1.44. The summed E-state index contributed by atoms with van der Waals surface area (Å²) in [4.78, 5) is 50.1. The molecule has 0 aliphatic carbocycles. The van der Waals surface area contributed by atoms with Gasteiger partial charge in [-0.25, -0.2) is 9.48 Å². The Kier molecular flexibility index (Phi) is 9.25. The van der Waals surface area contributed by atoms with Crippen molar-refractivity contribution in [3.63, 3.8) is 0 Å². The van der Waals surface area contributed by atoms with Crippen LogP contribution in [-0.2, 0) is 21.5 Å². The number of fused-ring (bicyclic) bond motifs is 1. The van der Waals surface area contributed by atoms with Crippen LogP contribution >= 0.6 is 11.3 Å². The SMILES string of the molecule is CCCC[C@@H](C(=O)Nc1ccc2c(C)c(CC(=O)O)c(=O)oc2c1)n1cc([C@@](C)(NC(=O)c2ccsc2)C(C)C)nn1. The lowest BCUT2D eigenvalue weighted by Crippen LogP contribution is -2.47. The minimum atomic E-state index is -1.12. The summed E-state index contributed by atoms with van der Waals surface area (Å²) in [5.41, 5.74) is 0.821. The number of carboxylic acids is 1. The van der Waals surface area contributed by atoms with Crippen LogP contribution in [0.4, 0.5) is 5.69 Å². The van der Waals surface area contributed by atoms with E-state index in [2.05, 4.69) is 20.9 Å². The van der Waals surface area contributed by atoms with Gasteiger partial charge in [0.15, 0.2) is 0 Å². The quantitative estimate of drug-likeness (QED) is 0.193. The molecule has 42 heavy (non-hydrogen) atoms. The van der Waals surface area contributed by atoms with Gasteiger partial charge in [0.1, 0.15) is 17.3 Å². The van der Waals surface area contributed by atoms with Gasteiger partial charge in [-0.2, -0.15) is 11.3 Å². The van der Waals surface area contributed by atoms with Crippen molar-refractivity contribution in [3.05, 3.63) is 74.0 Å². The predicted molar refractivity (Wildman–Crippen MR) is 160 cm³/mol. The summed E-state index contributed by atoms with van der Waals surface area (Å²) in [5, 5.41) is 28.0. The summed E-state index contributed by atoms with van der Waals surface area (Å²) in [7, 11) is 0. The van der Waals surface area contributed by atoms with E-state index in [0.29, 0.717) is 34.3 Å². The van der Waals surface area contributed by atoms with Crippen LogP contribution in [0.2, 0.25) is 0 Å². The molecule has 0 aliphatic rings. The number of nitrogens with zero attached hydrogens (tertiary/aromatic N) is 3. The number of carboxylic acid groups (broad SMARTS) is 1. The van der Waals surface area contributed by atoms with E-state index in [0.717, 1.165) is 12.8 Å². The number of aryl methyl sites for hydroxylation is 1. The van der Waals surface area contributed by atoms with Crippen molar-refractivity contribution in [3.8, 4) is 0 Å². The maximum absolute atomic E-state index is 13.6. The normalized spacial score (nSPS) is 13.6. The molecule has 2 atom stereocenters. The average molecular weight is 594 g/mol. The van der Waals surface area contributed by atoms with E-state index < -0.39 is 29.6 Å². The first-order valence-electron chi connectivity index (χ1n) is 13.8. The Hall–Kier alpha value is -4.32. The molecule has 0 bridgehead atoms. The molecule has 3 heterocycles. The summed E-state index contributed by atoms with van der Waals surface area (Å²) in [6.45, 7) is 9.57. The van der Waals surface area contributed by atoms with Gasteiger partial charge in [-0.3, -0.25) is 14.4 Å². The van der Waals surface area contributed by atoms with Crippen LogP contribution in [0, 0.1) is 12.8 Å². The Balaban J connectivity index is 1.60. The van der Waals surface area contributed by atoms with Gasteiger partial charge in [-0.15, -0.1) is 5.10 Å². The van der Waals surface area contributed by atoms with Crippen molar-refractivity contribution in [1.29, 1.82) is 0 Å². The van der Waals surface area contributed by atoms with Crippen LogP contribution < -0.4 is 16.3 Å². The number of rotatable bonds is 12.